The molecule has 1 heterocycles. The molecule has 0 saturated heterocycles. The van der Waals surface area contributed by atoms with Crippen molar-refractivity contribution in [2.24, 2.45) is 0 Å². The van der Waals surface area contributed by atoms with Gasteiger partial charge in [-0.1, -0.05) is 6.07 Å². The van der Waals surface area contributed by atoms with E-state index in [1.54, 1.807) is 11.3 Å². The molecule has 0 amide bonds. The molecule has 126 valence electrons. The van der Waals surface area contributed by atoms with Crippen molar-refractivity contribution in [3.63, 3.8) is 0 Å². The van der Waals surface area contributed by atoms with Crippen molar-refractivity contribution in [2.45, 2.75) is 33.1 Å². The van der Waals surface area contributed by atoms with Crippen LogP contribution < -0.4 is 10.6 Å². The first-order valence-corrected chi connectivity index (χ1v) is 9.09. The molecular formula is C18H20N2O2S2. The van der Waals surface area contributed by atoms with Crippen molar-refractivity contribution in [1.82, 2.24) is 0 Å². The Labute approximate surface area is 151 Å². The Bertz CT molecular complexity index is 791. The number of methoxy groups -OCH3 is 1. The van der Waals surface area contributed by atoms with Crippen LogP contribution in [0, 0.1) is 13.8 Å². The first-order chi connectivity index (χ1) is 11.5. The summed E-state index contributed by atoms with van der Waals surface area (Å²) >= 11 is 7.02. The number of benzene rings is 1. The van der Waals surface area contributed by atoms with Crippen LogP contribution in [-0.2, 0) is 17.6 Å². The van der Waals surface area contributed by atoms with Gasteiger partial charge in [0.2, 0.25) is 0 Å². The summed E-state index contributed by atoms with van der Waals surface area (Å²) in [7, 11) is 1.41. The maximum atomic E-state index is 12.2. The van der Waals surface area contributed by atoms with Crippen LogP contribution in [0.1, 0.15) is 38.3 Å². The summed E-state index contributed by atoms with van der Waals surface area (Å²) in [5.74, 6) is -0.300. The minimum absolute atomic E-state index is 0.300. The van der Waals surface area contributed by atoms with E-state index in [0.29, 0.717) is 10.7 Å². The zero-order chi connectivity index (χ0) is 17.3. The van der Waals surface area contributed by atoms with Crippen molar-refractivity contribution in [3.05, 3.63) is 45.3 Å². The number of thiocarbonyl (C=S) groups is 1. The summed E-state index contributed by atoms with van der Waals surface area (Å²) in [6.45, 7) is 4.10. The molecule has 0 bridgehead atoms. The van der Waals surface area contributed by atoms with Crippen LogP contribution >= 0.6 is 23.6 Å². The highest BCUT2D eigenvalue weighted by Gasteiger charge is 2.27. The average Bonchev–Trinajstić information content (AvgIpc) is 3.05. The number of thiophene rings is 1. The SMILES string of the molecule is COC(=O)c1c(NC(=S)Nc2cc(C)cc(C)c2)sc2c1CCC2. The van der Waals surface area contributed by atoms with E-state index in [1.165, 1.54) is 23.1 Å². The minimum atomic E-state index is -0.300. The number of nitrogens with one attached hydrogen (secondary N) is 2. The predicted molar refractivity (Wildman–Crippen MR) is 103 cm³/mol. The molecule has 24 heavy (non-hydrogen) atoms. The molecule has 1 aliphatic rings. The highest BCUT2D eigenvalue weighted by molar-refractivity contribution is 7.80. The van der Waals surface area contributed by atoms with E-state index in [0.717, 1.165) is 35.5 Å². The van der Waals surface area contributed by atoms with Crippen molar-refractivity contribution in [1.29, 1.82) is 0 Å². The number of carbonyl (C=O) groups is 1. The normalized spacial score (nSPS) is 12.6. The average molecular weight is 361 g/mol. The Kier molecular flexibility index (Phi) is 4.87. The zero-order valence-corrected chi connectivity index (χ0v) is 15.6. The van der Waals surface area contributed by atoms with Crippen LogP contribution in [0.2, 0.25) is 0 Å². The van der Waals surface area contributed by atoms with Crippen LogP contribution in [0.5, 0.6) is 0 Å². The van der Waals surface area contributed by atoms with Crippen molar-refractivity contribution >= 4 is 45.3 Å². The van der Waals surface area contributed by atoms with Gasteiger partial charge in [0.05, 0.1) is 12.7 Å². The van der Waals surface area contributed by atoms with Gasteiger partial charge in [0.25, 0.3) is 0 Å². The number of hydrogen-bond donors (Lipinski definition) is 2. The third-order valence-corrected chi connectivity index (χ3v) is 5.43. The minimum Gasteiger partial charge on any atom is -0.465 e. The van der Waals surface area contributed by atoms with Gasteiger partial charge in [-0.2, -0.15) is 0 Å². The number of aryl methyl sites for hydroxylation is 3. The molecule has 2 N–H and O–H groups in total. The van der Waals surface area contributed by atoms with Crippen LogP contribution in [0.25, 0.3) is 0 Å². The van der Waals surface area contributed by atoms with E-state index in [4.69, 9.17) is 17.0 Å². The summed E-state index contributed by atoms with van der Waals surface area (Å²) in [5.41, 5.74) is 5.04. The lowest BCUT2D eigenvalue weighted by molar-refractivity contribution is 0.0601. The summed E-state index contributed by atoms with van der Waals surface area (Å²) in [6, 6.07) is 6.19. The fourth-order valence-electron chi connectivity index (χ4n) is 3.12. The Morgan fingerprint density at radius 3 is 2.54 bits per heavy atom. The molecule has 0 saturated carbocycles. The zero-order valence-electron chi connectivity index (χ0n) is 14.0. The monoisotopic (exact) mass is 360 g/mol. The Hall–Kier alpha value is -1.92. The molecule has 1 aliphatic carbocycles. The lowest BCUT2D eigenvalue weighted by Gasteiger charge is -2.12. The molecular weight excluding hydrogens is 340 g/mol. The third-order valence-electron chi connectivity index (χ3n) is 4.02. The fourth-order valence-corrected chi connectivity index (χ4v) is 4.69. The molecule has 0 fully saturated rings. The number of anilines is 2. The first kappa shape index (κ1) is 16.9. The summed E-state index contributed by atoms with van der Waals surface area (Å²) in [4.78, 5) is 13.4. The highest BCUT2D eigenvalue weighted by Crippen LogP contribution is 2.39. The quantitative estimate of drug-likeness (QED) is 0.626. The van der Waals surface area contributed by atoms with Gasteiger partial charge in [0, 0.05) is 10.6 Å². The maximum absolute atomic E-state index is 12.2. The fraction of sp³-hybridized carbons (Fsp3) is 0.333. The van der Waals surface area contributed by atoms with Crippen LogP contribution in [0.3, 0.4) is 0 Å². The van der Waals surface area contributed by atoms with E-state index in [2.05, 4.69) is 16.7 Å². The molecule has 4 nitrogen and oxygen atoms in total. The lowest BCUT2D eigenvalue weighted by atomic mass is 10.1. The second kappa shape index (κ2) is 6.91. The van der Waals surface area contributed by atoms with Crippen molar-refractivity contribution < 1.29 is 9.53 Å². The molecule has 2 aromatic rings. The van der Waals surface area contributed by atoms with Crippen LogP contribution in [0.15, 0.2) is 18.2 Å². The number of fused-ring (bicyclic) bond motifs is 1. The van der Waals surface area contributed by atoms with Gasteiger partial charge in [0.1, 0.15) is 5.00 Å². The van der Waals surface area contributed by atoms with Crippen LogP contribution in [0.4, 0.5) is 10.7 Å². The largest absolute Gasteiger partial charge is 0.465 e. The van der Waals surface area contributed by atoms with E-state index >= 15 is 0 Å². The van der Waals surface area contributed by atoms with E-state index < -0.39 is 0 Å². The van der Waals surface area contributed by atoms with Gasteiger partial charge in [-0.25, -0.2) is 4.79 Å². The summed E-state index contributed by atoms with van der Waals surface area (Å²) in [6.07, 6.45) is 3.04. The molecule has 0 aliphatic heterocycles. The number of rotatable bonds is 3. The van der Waals surface area contributed by atoms with E-state index in [1.807, 2.05) is 26.0 Å². The summed E-state index contributed by atoms with van der Waals surface area (Å²) in [5, 5.41) is 7.63. The van der Waals surface area contributed by atoms with Crippen molar-refractivity contribution in [3.8, 4) is 0 Å². The molecule has 0 atom stereocenters. The smallest absolute Gasteiger partial charge is 0.341 e. The number of hydrogen-bond acceptors (Lipinski definition) is 4. The van der Waals surface area contributed by atoms with Gasteiger partial charge in [-0.05, 0) is 74.2 Å². The van der Waals surface area contributed by atoms with Crippen molar-refractivity contribution in [2.75, 3.05) is 17.7 Å². The van der Waals surface area contributed by atoms with Crippen LogP contribution in [-0.4, -0.2) is 18.2 Å². The van der Waals surface area contributed by atoms with Gasteiger partial charge in [-0.3, -0.25) is 0 Å². The second-order valence-electron chi connectivity index (χ2n) is 6.01. The first-order valence-electron chi connectivity index (χ1n) is 7.87. The van der Waals surface area contributed by atoms with E-state index in [-0.39, 0.29) is 5.97 Å². The third kappa shape index (κ3) is 3.44. The molecule has 0 spiro atoms. The highest BCUT2D eigenvalue weighted by atomic mass is 32.1. The Morgan fingerprint density at radius 2 is 1.88 bits per heavy atom. The van der Waals surface area contributed by atoms with Gasteiger partial charge < -0.3 is 15.4 Å². The number of carbonyl (C=O) groups excluding carboxylic acids is 1. The van der Waals surface area contributed by atoms with Gasteiger partial charge in [0.15, 0.2) is 5.11 Å². The second-order valence-corrected chi connectivity index (χ2v) is 7.52. The van der Waals surface area contributed by atoms with E-state index in [9.17, 15) is 4.79 Å². The molecule has 1 aromatic carbocycles. The topological polar surface area (TPSA) is 50.4 Å². The Balaban J connectivity index is 1.81. The molecule has 3 rings (SSSR count). The van der Waals surface area contributed by atoms with Gasteiger partial charge >= 0.3 is 5.97 Å². The molecule has 1 aromatic heterocycles. The summed E-state index contributed by atoms with van der Waals surface area (Å²) < 4.78 is 4.96. The standard InChI is InChI=1S/C18H20N2O2S2/c1-10-7-11(2)9-12(8-10)19-18(23)20-16-15(17(21)22-3)13-5-4-6-14(13)24-16/h7-9H,4-6H2,1-3H3,(H2,19,20,23). The maximum Gasteiger partial charge on any atom is 0.341 e. The molecule has 0 radical (unpaired) electrons. The number of ether oxygens (including phenoxy) is 1. The molecule has 0 unspecified atom stereocenters. The molecule has 6 heteroatoms. The van der Waals surface area contributed by atoms with Gasteiger partial charge in [-0.15, -0.1) is 11.3 Å². The Morgan fingerprint density at radius 1 is 1.17 bits per heavy atom. The lowest BCUT2D eigenvalue weighted by Crippen LogP contribution is -2.20. The number of esters is 1. The predicted octanol–water partition coefficient (Wildman–Crippen LogP) is 4.45.